The average Bonchev–Trinajstić information content (AvgIpc) is 3.22. The zero-order valence-corrected chi connectivity index (χ0v) is 22.5. The van der Waals surface area contributed by atoms with Crippen molar-refractivity contribution in [1.82, 2.24) is 4.57 Å². The Bertz CT molecular complexity index is 1710. The smallest absolute Gasteiger partial charge is 0.338 e. The number of carbonyl (C=O) groups is 1. The number of ether oxygens (including phenoxy) is 2. The van der Waals surface area contributed by atoms with Crippen LogP contribution < -0.4 is 19.6 Å². The summed E-state index contributed by atoms with van der Waals surface area (Å²) in [5.74, 6) is 0.189. The standard InChI is InChI=1S/C30H25ClN2O4S/c1-3-36-29(35)26-19(2)32-30-33(27(26)21-11-5-4-6-12-21)28(34)25(38-30)17-20-10-9-14-23(16-20)37-18-22-13-7-8-15-24(22)31/h4-17,27H,3,18H2,1-2H3/b25-17+. The molecule has 0 fully saturated rings. The Labute approximate surface area is 228 Å². The van der Waals surface area contributed by atoms with Gasteiger partial charge in [-0.25, -0.2) is 9.79 Å². The van der Waals surface area contributed by atoms with Crippen LogP contribution in [0, 0.1) is 0 Å². The number of hydrogen-bond donors (Lipinski definition) is 0. The Morgan fingerprint density at radius 3 is 2.61 bits per heavy atom. The van der Waals surface area contributed by atoms with Gasteiger partial charge >= 0.3 is 5.97 Å². The molecule has 4 aromatic rings. The van der Waals surface area contributed by atoms with E-state index >= 15 is 0 Å². The molecule has 0 aliphatic carbocycles. The summed E-state index contributed by atoms with van der Waals surface area (Å²) in [6, 6.07) is 23.9. The first-order valence-electron chi connectivity index (χ1n) is 12.2. The van der Waals surface area contributed by atoms with Crippen LogP contribution >= 0.6 is 22.9 Å². The highest BCUT2D eigenvalue weighted by Gasteiger charge is 2.33. The van der Waals surface area contributed by atoms with E-state index < -0.39 is 12.0 Å². The first-order valence-corrected chi connectivity index (χ1v) is 13.4. The lowest BCUT2D eigenvalue weighted by atomic mass is 9.96. The van der Waals surface area contributed by atoms with Crippen molar-refractivity contribution in [1.29, 1.82) is 0 Å². The Morgan fingerprint density at radius 2 is 1.84 bits per heavy atom. The van der Waals surface area contributed by atoms with Gasteiger partial charge in [-0.1, -0.05) is 83.6 Å². The quantitative estimate of drug-likeness (QED) is 0.306. The summed E-state index contributed by atoms with van der Waals surface area (Å²) in [5, 5.41) is 0.648. The molecule has 0 radical (unpaired) electrons. The Kier molecular flexibility index (Phi) is 7.58. The summed E-state index contributed by atoms with van der Waals surface area (Å²) < 4.78 is 13.4. The summed E-state index contributed by atoms with van der Waals surface area (Å²) in [4.78, 5) is 31.8. The molecule has 3 aromatic carbocycles. The minimum atomic E-state index is -0.626. The third kappa shape index (κ3) is 5.21. The van der Waals surface area contributed by atoms with E-state index in [9.17, 15) is 9.59 Å². The second-order valence-corrected chi connectivity index (χ2v) is 10.1. The summed E-state index contributed by atoms with van der Waals surface area (Å²) in [6.07, 6.45) is 1.82. The van der Waals surface area contributed by atoms with E-state index in [0.717, 1.165) is 16.7 Å². The van der Waals surface area contributed by atoms with E-state index in [1.54, 1.807) is 18.4 Å². The van der Waals surface area contributed by atoms with Crippen molar-refractivity contribution in [2.75, 3.05) is 6.61 Å². The fourth-order valence-corrected chi connectivity index (χ4v) is 5.60. The lowest BCUT2D eigenvalue weighted by molar-refractivity contribution is -0.139. The number of halogens is 1. The van der Waals surface area contributed by atoms with Gasteiger partial charge in [0.15, 0.2) is 4.80 Å². The van der Waals surface area contributed by atoms with Gasteiger partial charge in [0.2, 0.25) is 0 Å². The number of rotatable bonds is 7. The predicted molar refractivity (Wildman–Crippen MR) is 149 cm³/mol. The minimum absolute atomic E-state index is 0.223. The zero-order valence-electron chi connectivity index (χ0n) is 20.9. The Balaban J connectivity index is 1.54. The van der Waals surface area contributed by atoms with Gasteiger partial charge in [0.25, 0.3) is 5.56 Å². The van der Waals surface area contributed by atoms with Crippen LogP contribution in [-0.4, -0.2) is 17.1 Å². The fourth-order valence-electron chi connectivity index (χ4n) is 4.36. The van der Waals surface area contributed by atoms with E-state index in [2.05, 4.69) is 4.99 Å². The number of esters is 1. The molecule has 192 valence electrons. The molecule has 2 heterocycles. The largest absolute Gasteiger partial charge is 0.489 e. The van der Waals surface area contributed by atoms with Gasteiger partial charge in [-0.15, -0.1) is 0 Å². The molecule has 1 aromatic heterocycles. The molecule has 0 spiro atoms. The second-order valence-electron chi connectivity index (χ2n) is 8.67. The monoisotopic (exact) mass is 544 g/mol. The summed E-state index contributed by atoms with van der Waals surface area (Å²) in [5.41, 5.74) is 3.20. The highest BCUT2D eigenvalue weighted by molar-refractivity contribution is 7.07. The Morgan fingerprint density at radius 1 is 1.08 bits per heavy atom. The lowest BCUT2D eigenvalue weighted by Gasteiger charge is -2.24. The van der Waals surface area contributed by atoms with Crippen molar-refractivity contribution < 1.29 is 14.3 Å². The zero-order chi connectivity index (χ0) is 26.6. The Hall–Kier alpha value is -3.94. The summed E-state index contributed by atoms with van der Waals surface area (Å²) >= 11 is 7.53. The van der Waals surface area contributed by atoms with Crippen LogP contribution in [0.15, 0.2) is 99.9 Å². The molecule has 1 unspecified atom stereocenters. The topological polar surface area (TPSA) is 69.9 Å². The number of benzene rings is 3. The number of fused-ring (bicyclic) bond motifs is 1. The predicted octanol–water partition coefficient (Wildman–Crippen LogP) is 5.03. The molecule has 0 N–H and O–H groups in total. The molecule has 0 amide bonds. The highest BCUT2D eigenvalue weighted by Crippen LogP contribution is 2.30. The van der Waals surface area contributed by atoms with Crippen LogP contribution in [0.25, 0.3) is 6.08 Å². The average molecular weight is 545 g/mol. The van der Waals surface area contributed by atoms with Crippen LogP contribution in [0.1, 0.15) is 36.6 Å². The number of hydrogen-bond acceptors (Lipinski definition) is 6. The maximum atomic E-state index is 13.7. The van der Waals surface area contributed by atoms with Gasteiger partial charge in [-0.2, -0.15) is 0 Å². The number of nitrogens with zero attached hydrogens (tertiary/aromatic N) is 2. The van der Waals surface area contributed by atoms with Crippen molar-refractivity contribution in [3.8, 4) is 5.75 Å². The summed E-state index contributed by atoms with van der Waals surface area (Å²) in [6.45, 7) is 4.10. The van der Waals surface area contributed by atoms with Crippen LogP contribution in [0.3, 0.4) is 0 Å². The van der Waals surface area contributed by atoms with E-state index in [1.165, 1.54) is 11.3 Å². The molecule has 1 aliphatic heterocycles. The third-order valence-electron chi connectivity index (χ3n) is 6.14. The molecule has 6 nitrogen and oxygen atoms in total. The van der Waals surface area contributed by atoms with Gasteiger partial charge < -0.3 is 9.47 Å². The molecule has 0 saturated carbocycles. The molecular formula is C30H25ClN2O4S. The van der Waals surface area contributed by atoms with Gasteiger partial charge in [0.1, 0.15) is 12.4 Å². The van der Waals surface area contributed by atoms with Crippen molar-refractivity contribution in [2.45, 2.75) is 26.5 Å². The van der Waals surface area contributed by atoms with Crippen LogP contribution in [-0.2, 0) is 16.1 Å². The van der Waals surface area contributed by atoms with Gasteiger partial charge in [0, 0.05) is 10.6 Å². The fraction of sp³-hybridized carbons (Fsp3) is 0.167. The van der Waals surface area contributed by atoms with Crippen molar-refractivity contribution in [3.05, 3.63) is 132 Å². The van der Waals surface area contributed by atoms with Gasteiger partial charge in [-0.05, 0) is 49.2 Å². The van der Waals surface area contributed by atoms with Crippen LogP contribution in [0.2, 0.25) is 5.02 Å². The minimum Gasteiger partial charge on any atom is -0.489 e. The first-order chi connectivity index (χ1) is 18.5. The first kappa shape index (κ1) is 25.7. The van der Waals surface area contributed by atoms with E-state index in [1.807, 2.05) is 84.9 Å². The molecule has 1 aliphatic rings. The third-order valence-corrected chi connectivity index (χ3v) is 7.49. The second kappa shape index (κ2) is 11.2. The number of aromatic nitrogens is 1. The number of thiazole rings is 1. The van der Waals surface area contributed by atoms with Crippen molar-refractivity contribution in [3.63, 3.8) is 0 Å². The van der Waals surface area contributed by atoms with Gasteiger partial charge in [0.05, 0.1) is 28.5 Å². The molecule has 5 rings (SSSR count). The van der Waals surface area contributed by atoms with Crippen molar-refractivity contribution in [2.24, 2.45) is 4.99 Å². The van der Waals surface area contributed by atoms with E-state index in [4.69, 9.17) is 21.1 Å². The number of allylic oxidation sites excluding steroid dienone is 1. The SMILES string of the molecule is CCOC(=O)C1=C(C)N=c2s/c(=C/c3cccc(OCc4ccccc4Cl)c3)c(=O)n2C1c1ccccc1. The highest BCUT2D eigenvalue weighted by atomic mass is 35.5. The molecule has 8 heteroatoms. The molecule has 1 atom stereocenters. The maximum absolute atomic E-state index is 13.7. The lowest BCUT2D eigenvalue weighted by Crippen LogP contribution is -2.39. The molecule has 38 heavy (non-hydrogen) atoms. The van der Waals surface area contributed by atoms with Crippen LogP contribution in [0.5, 0.6) is 5.75 Å². The summed E-state index contributed by atoms with van der Waals surface area (Å²) in [7, 11) is 0. The molecule has 0 saturated heterocycles. The normalized spacial score (nSPS) is 15.1. The number of carbonyl (C=O) groups excluding carboxylic acids is 1. The molecule has 0 bridgehead atoms. The molecular weight excluding hydrogens is 520 g/mol. The van der Waals surface area contributed by atoms with Crippen molar-refractivity contribution >= 4 is 35.0 Å². The van der Waals surface area contributed by atoms with E-state index in [0.29, 0.717) is 38.0 Å². The van der Waals surface area contributed by atoms with Crippen LogP contribution in [0.4, 0.5) is 0 Å². The van der Waals surface area contributed by atoms with E-state index in [-0.39, 0.29) is 12.2 Å². The maximum Gasteiger partial charge on any atom is 0.338 e. The van der Waals surface area contributed by atoms with Gasteiger partial charge in [-0.3, -0.25) is 9.36 Å².